The van der Waals surface area contributed by atoms with Gasteiger partial charge in [-0.05, 0) is 36.4 Å². The maximum Gasteiger partial charge on any atom is 0.193 e. The van der Waals surface area contributed by atoms with Crippen molar-refractivity contribution in [2.45, 2.75) is 4.90 Å². The predicted molar refractivity (Wildman–Crippen MR) is 107 cm³/mol. The van der Waals surface area contributed by atoms with Crippen molar-refractivity contribution < 1.29 is 13.2 Å². The molecule has 0 spiro atoms. The van der Waals surface area contributed by atoms with E-state index in [0.717, 1.165) is 11.4 Å². The summed E-state index contributed by atoms with van der Waals surface area (Å²) in [5.74, 6) is 0.806. The molecule has 130 valence electrons. The summed E-state index contributed by atoms with van der Waals surface area (Å²) >= 11 is 0. The van der Waals surface area contributed by atoms with Gasteiger partial charge in [0.25, 0.3) is 0 Å². The fourth-order valence-corrected chi connectivity index (χ4v) is 3.03. The summed E-state index contributed by atoms with van der Waals surface area (Å²) in [6, 6.07) is 15.4. The molecule has 8 heteroatoms. The molecule has 0 unspecified atom stereocenters. The van der Waals surface area contributed by atoms with Crippen molar-refractivity contribution in [1.82, 2.24) is 0 Å². The molecule has 0 amide bonds. The van der Waals surface area contributed by atoms with Crippen LogP contribution in [-0.2, 0) is 9.84 Å². The Kier molecular flexibility index (Phi) is 7.99. The molecule has 0 radical (unpaired) electrons. The Morgan fingerprint density at radius 2 is 1.75 bits per heavy atom. The highest BCUT2D eigenvalue weighted by molar-refractivity contribution is 14.0. The molecule has 0 saturated heterocycles. The minimum absolute atomic E-state index is 0. The zero-order valence-electron chi connectivity index (χ0n) is 13.2. The summed E-state index contributed by atoms with van der Waals surface area (Å²) in [7, 11) is -1.76. The number of nitrogens with two attached hydrogens (primary N) is 1. The lowest BCUT2D eigenvalue weighted by molar-refractivity contribution is 0.415. The topological polar surface area (TPSA) is 93.8 Å². The summed E-state index contributed by atoms with van der Waals surface area (Å²) in [4.78, 5) is 4.33. The van der Waals surface area contributed by atoms with Crippen molar-refractivity contribution in [2.24, 2.45) is 10.7 Å². The second-order valence-electron chi connectivity index (χ2n) is 4.75. The summed E-state index contributed by atoms with van der Waals surface area (Å²) in [6.45, 7) is 0.0895. The third kappa shape index (κ3) is 6.00. The minimum atomic E-state index is -3.34. The van der Waals surface area contributed by atoms with Gasteiger partial charge >= 0.3 is 0 Å². The molecule has 0 heterocycles. The van der Waals surface area contributed by atoms with Gasteiger partial charge in [-0.15, -0.1) is 24.0 Å². The maximum absolute atomic E-state index is 12.1. The number of hydrogen-bond donors (Lipinski definition) is 2. The van der Waals surface area contributed by atoms with E-state index in [2.05, 4.69) is 10.3 Å². The van der Waals surface area contributed by atoms with Crippen LogP contribution in [0.5, 0.6) is 5.75 Å². The van der Waals surface area contributed by atoms with Gasteiger partial charge in [0.05, 0.1) is 24.3 Å². The molecule has 2 aromatic rings. The molecule has 0 aliphatic rings. The van der Waals surface area contributed by atoms with Crippen LogP contribution < -0.4 is 15.8 Å². The van der Waals surface area contributed by atoms with Gasteiger partial charge in [0.2, 0.25) is 0 Å². The third-order valence-corrected chi connectivity index (χ3v) is 4.82. The second kappa shape index (κ2) is 9.48. The molecule has 2 rings (SSSR count). The van der Waals surface area contributed by atoms with Gasteiger partial charge in [0.15, 0.2) is 15.8 Å². The number of ether oxygens (including phenoxy) is 1. The van der Waals surface area contributed by atoms with Crippen LogP contribution in [0.15, 0.2) is 64.5 Å². The fraction of sp³-hybridized carbons (Fsp3) is 0.188. The van der Waals surface area contributed by atoms with E-state index in [1.807, 2.05) is 0 Å². The average molecular weight is 461 g/mol. The average Bonchev–Trinajstić information content (AvgIpc) is 2.56. The lowest BCUT2D eigenvalue weighted by atomic mass is 10.3. The van der Waals surface area contributed by atoms with Crippen molar-refractivity contribution in [2.75, 3.05) is 24.7 Å². The highest BCUT2D eigenvalue weighted by atomic mass is 127. The van der Waals surface area contributed by atoms with Crippen LogP contribution >= 0.6 is 24.0 Å². The summed E-state index contributed by atoms with van der Waals surface area (Å²) in [6.07, 6.45) is 0. The third-order valence-electron chi connectivity index (χ3n) is 3.11. The van der Waals surface area contributed by atoms with Crippen molar-refractivity contribution in [1.29, 1.82) is 0 Å². The molecular formula is C16H20IN3O3S. The van der Waals surface area contributed by atoms with E-state index in [1.54, 1.807) is 61.7 Å². The number of anilines is 1. The smallest absolute Gasteiger partial charge is 0.193 e. The van der Waals surface area contributed by atoms with Crippen LogP contribution in [-0.4, -0.2) is 33.8 Å². The molecule has 2 aromatic carbocycles. The molecule has 24 heavy (non-hydrogen) atoms. The highest BCUT2D eigenvalue weighted by Gasteiger charge is 2.12. The van der Waals surface area contributed by atoms with Gasteiger partial charge in [-0.1, -0.05) is 18.2 Å². The van der Waals surface area contributed by atoms with Crippen LogP contribution in [0.3, 0.4) is 0 Å². The van der Waals surface area contributed by atoms with Crippen molar-refractivity contribution in [3.8, 4) is 5.75 Å². The van der Waals surface area contributed by atoms with Gasteiger partial charge in [0.1, 0.15) is 5.75 Å². The minimum Gasteiger partial charge on any atom is -0.497 e. The molecular weight excluding hydrogens is 441 g/mol. The Morgan fingerprint density at radius 1 is 1.12 bits per heavy atom. The Morgan fingerprint density at radius 3 is 2.33 bits per heavy atom. The largest absolute Gasteiger partial charge is 0.497 e. The van der Waals surface area contributed by atoms with E-state index in [0.29, 0.717) is 0 Å². The zero-order valence-corrected chi connectivity index (χ0v) is 16.3. The number of nitrogens with zero attached hydrogens (tertiary/aromatic N) is 1. The monoisotopic (exact) mass is 461 g/mol. The van der Waals surface area contributed by atoms with E-state index < -0.39 is 9.84 Å². The second-order valence-corrected chi connectivity index (χ2v) is 6.86. The molecule has 0 aliphatic carbocycles. The SMILES string of the molecule is COc1ccc(NC(N)=NCCS(=O)(=O)c2ccccc2)cc1.I. The summed E-state index contributed by atoms with van der Waals surface area (Å²) in [5, 5.41) is 2.90. The first-order chi connectivity index (χ1) is 11.0. The van der Waals surface area contributed by atoms with Gasteiger partial charge in [-0.3, -0.25) is 4.99 Å². The molecule has 0 bridgehead atoms. The Labute approximate surface area is 159 Å². The number of halogens is 1. The molecule has 0 saturated carbocycles. The lowest BCUT2D eigenvalue weighted by Crippen LogP contribution is -2.23. The fourth-order valence-electron chi connectivity index (χ4n) is 1.89. The summed E-state index contributed by atoms with van der Waals surface area (Å²) < 4.78 is 29.3. The zero-order chi connectivity index (χ0) is 16.7. The first kappa shape index (κ1) is 20.2. The maximum atomic E-state index is 12.1. The number of aliphatic imine (C=N–C) groups is 1. The van der Waals surface area contributed by atoms with E-state index in [9.17, 15) is 8.42 Å². The Bertz CT molecular complexity index is 763. The van der Waals surface area contributed by atoms with Gasteiger partial charge in [-0.2, -0.15) is 0 Å². The molecule has 3 N–H and O–H groups in total. The standard InChI is InChI=1S/C16H19N3O3S.HI/c1-22-14-9-7-13(8-10-14)19-16(17)18-11-12-23(20,21)15-5-3-2-4-6-15;/h2-10H,11-12H2,1H3,(H3,17,18,19);1H. The van der Waals surface area contributed by atoms with Crippen LogP contribution in [0.25, 0.3) is 0 Å². The first-order valence-corrected chi connectivity index (χ1v) is 8.65. The molecule has 6 nitrogen and oxygen atoms in total. The normalized spacial score (nSPS) is 11.5. The number of rotatable bonds is 6. The first-order valence-electron chi connectivity index (χ1n) is 7.00. The van der Waals surface area contributed by atoms with E-state index in [4.69, 9.17) is 10.5 Å². The van der Waals surface area contributed by atoms with Crippen molar-refractivity contribution in [3.05, 3.63) is 54.6 Å². The number of guanidine groups is 1. The molecule has 0 atom stereocenters. The van der Waals surface area contributed by atoms with Gasteiger partial charge in [-0.25, -0.2) is 8.42 Å². The van der Waals surface area contributed by atoms with Crippen LogP contribution in [0.2, 0.25) is 0 Å². The number of nitrogens with one attached hydrogen (secondary N) is 1. The Balaban J connectivity index is 0.00000288. The number of benzene rings is 2. The molecule has 0 fully saturated rings. The molecule has 0 aromatic heterocycles. The Hall–Kier alpha value is -1.81. The van der Waals surface area contributed by atoms with Crippen molar-refractivity contribution in [3.63, 3.8) is 0 Å². The van der Waals surface area contributed by atoms with Gasteiger partial charge < -0.3 is 15.8 Å². The van der Waals surface area contributed by atoms with Crippen LogP contribution in [0, 0.1) is 0 Å². The van der Waals surface area contributed by atoms with E-state index in [-0.39, 0.29) is 47.1 Å². The van der Waals surface area contributed by atoms with Gasteiger partial charge in [0, 0.05) is 5.69 Å². The van der Waals surface area contributed by atoms with E-state index in [1.165, 1.54) is 0 Å². The predicted octanol–water partition coefficient (Wildman–Crippen LogP) is 2.51. The van der Waals surface area contributed by atoms with E-state index >= 15 is 0 Å². The number of hydrogen-bond acceptors (Lipinski definition) is 4. The van der Waals surface area contributed by atoms with Crippen LogP contribution in [0.4, 0.5) is 5.69 Å². The highest BCUT2D eigenvalue weighted by Crippen LogP contribution is 2.14. The lowest BCUT2D eigenvalue weighted by Gasteiger charge is -2.07. The quantitative estimate of drug-likeness (QED) is 0.392. The number of sulfone groups is 1. The molecule has 0 aliphatic heterocycles. The number of methoxy groups -OCH3 is 1. The van der Waals surface area contributed by atoms with Crippen LogP contribution in [0.1, 0.15) is 0 Å². The summed E-state index contributed by atoms with van der Waals surface area (Å²) in [5.41, 5.74) is 6.51. The van der Waals surface area contributed by atoms with Crippen molar-refractivity contribution >= 4 is 45.5 Å².